The SMILES string of the molecule is CCOC(=O)c1c(N2CCN(C(=O)c3cccs3)CC2)c2ccccc2n(CC(F)(F)F)c1=O. The summed E-state index contributed by atoms with van der Waals surface area (Å²) in [5.74, 6) is -1.08. The maximum Gasteiger partial charge on any atom is 0.406 e. The van der Waals surface area contributed by atoms with E-state index in [1.54, 1.807) is 47.1 Å². The van der Waals surface area contributed by atoms with Crippen LogP contribution in [0.5, 0.6) is 0 Å². The summed E-state index contributed by atoms with van der Waals surface area (Å²) in [4.78, 5) is 42.8. The number of alkyl halides is 3. The van der Waals surface area contributed by atoms with Crippen molar-refractivity contribution >= 4 is 39.8 Å². The number of anilines is 1. The number of esters is 1. The molecule has 0 radical (unpaired) electrons. The van der Waals surface area contributed by atoms with Crippen molar-refractivity contribution < 1.29 is 27.5 Å². The molecular formula is C23H22F3N3O4S. The molecule has 1 amide bonds. The van der Waals surface area contributed by atoms with E-state index in [0.717, 1.165) is 0 Å². The Morgan fingerprint density at radius 3 is 2.38 bits per heavy atom. The van der Waals surface area contributed by atoms with Gasteiger partial charge in [-0.3, -0.25) is 14.2 Å². The molecule has 0 bridgehead atoms. The summed E-state index contributed by atoms with van der Waals surface area (Å²) in [7, 11) is 0. The molecule has 7 nitrogen and oxygen atoms in total. The number of piperazine rings is 1. The number of hydrogen-bond acceptors (Lipinski definition) is 6. The van der Waals surface area contributed by atoms with Gasteiger partial charge in [-0.1, -0.05) is 24.3 Å². The molecule has 2 aromatic heterocycles. The number of benzene rings is 1. The number of pyridine rings is 1. The summed E-state index contributed by atoms with van der Waals surface area (Å²) in [6.07, 6.45) is -4.66. The minimum Gasteiger partial charge on any atom is -0.462 e. The molecule has 3 aromatic rings. The molecule has 1 aliphatic heterocycles. The molecule has 4 rings (SSSR count). The average molecular weight is 494 g/mol. The number of rotatable bonds is 5. The highest BCUT2D eigenvalue weighted by atomic mass is 32.1. The fraction of sp³-hybridized carbons (Fsp3) is 0.348. The lowest BCUT2D eigenvalue weighted by Gasteiger charge is -2.37. The molecule has 180 valence electrons. The fourth-order valence-electron chi connectivity index (χ4n) is 4.13. The molecule has 0 spiro atoms. The Morgan fingerprint density at radius 1 is 1.06 bits per heavy atom. The number of para-hydroxylation sites is 1. The second kappa shape index (κ2) is 9.49. The van der Waals surface area contributed by atoms with Crippen LogP contribution in [-0.2, 0) is 11.3 Å². The molecule has 1 aliphatic rings. The van der Waals surface area contributed by atoms with Gasteiger partial charge < -0.3 is 14.5 Å². The minimum atomic E-state index is -4.66. The highest BCUT2D eigenvalue weighted by Gasteiger charge is 2.34. The van der Waals surface area contributed by atoms with Crippen molar-refractivity contribution in [1.82, 2.24) is 9.47 Å². The van der Waals surface area contributed by atoms with Gasteiger partial charge in [-0.2, -0.15) is 13.2 Å². The van der Waals surface area contributed by atoms with Crippen molar-refractivity contribution in [3.05, 3.63) is 62.6 Å². The van der Waals surface area contributed by atoms with Gasteiger partial charge in [-0.15, -0.1) is 11.3 Å². The largest absolute Gasteiger partial charge is 0.462 e. The van der Waals surface area contributed by atoms with Crippen LogP contribution in [0, 0.1) is 0 Å². The molecule has 34 heavy (non-hydrogen) atoms. The third-order valence-electron chi connectivity index (χ3n) is 5.58. The second-order valence-corrected chi connectivity index (χ2v) is 8.67. The Morgan fingerprint density at radius 2 is 1.76 bits per heavy atom. The van der Waals surface area contributed by atoms with Gasteiger partial charge in [-0.05, 0) is 24.4 Å². The lowest BCUT2D eigenvalue weighted by molar-refractivity contribution is -0.140. The number of aromatic nitrogens is 1. The lowest BCUT2D eigenvalue weighted by atomic mass is 10.1. The van der Waals surface area contributed by atoms with Gasteiger partial charge in [0.05, 0.1) is 22.7 Å². The monoisotopic (exact) mass is 493 g/mol. The number of carbonyl (C=O) groups is 2. The first-order valence-electron chi connectivity index (χ1n) is 10.7. The van der Waals surface area contributed by atoms with Gasteiger partial charge >= 0.3 is 12.1 Å². The maximum absolute atomic E-state index is 13.3. The standard InChI is InChI=1S/C23H22F3N3O4S/c1-2-33-22(32)18-19(27-9-11-28(12-10-27)20(30)17-8-5-13-34-17)15-6-3-4-7-16(15)29(21(18)31)14-23(24,25)26/h3-8,13H,2,9-12,14H2,1H3. The van der Waals surface area contributed by atoms with E-state index in [1.807, 2.05) is 5.38 Å². The van der Waals surface area contributed by atoms with Crippen LogP contribution < -0.4 is 10.5 Å². The van der Waals surface area contributed by atoms with E-state index in [0.29, 0.717) is 41.0 Å². The average Bonchev–Trinajstić information content (AvgIpc) is 3.34. The van der Waals surface area contributed by atoms with Crippen LogP contribution >= 0.6 is 11.3 Å². The summed E-state index contributed by atoms with van der Waals surface area (Å²) < 4.78 is 45.5. The first kappa shape index (κ1) is 23.8. The zero-order chi connectivity index (χ0) is 24.5. The van der Waals surface area contributed by atoms with E-state index in [9.17, 15) is 27.6 Å². The highest BCUT2D eigenvalue weighted by Crippen LogP contribution is 2.32. The van der Waals surface area contributed by atoms with E-state index in [1.165, 1.54) is 17.4 Å². The number of nitrogens with zero attached hydrogens (tertiary/aromatic N) is 3. The predicted octanol–water partition coefficient (Wildman–Crippen LogP) is 3.76. The van der Waals surface area contributed by atoms with E-state index >= 15 is 0 Å². The van der Waals surface area contributed by atoms with Crippen molar-refractivity contribution in [3.8, 4) is 0 Å². The van der Waals surface area contributed by atoms with Crippen LogP contribution in [0.4, 0.5) is 18.9 Å². The van der Waals surface area contributed by atoms with Gasteiger partial charge in [0.25, 0.3) is 11.5 Å². The number of thiophene rings is 1. The summed E-state index contributed by atoms with van der Waals surface area (Å²) >= 11 is 1.34. The lowest BCUT2D eigenvalue weighted by Crippen LogP contribution is -2.49. The van der Waals surface area contributed by atoms with Crippen LogP contribution in [0.1, 0.15) is 27.0 Å². The Labute approximate surface area is 196 Å². The molecule has 1 saturated heterocycles. The van der Waals surface area contributed by atoms with Gasteiger partial charge in [0.15, 0.2) is 0 Å². The van der Waals surface area contributed by atoms with Crippen LogP contribution in [0.25, 0.3) is 10.9 Å². The Bertz CT molecular complexity index is 1260. The first-order valence-corrected chi connectivity index (χ1v) is 11.6. The number of halogens is 3. The zero-order valence-corrected chi connectivity index (χ0v) is 19.1. The highest BCUT2D eigenvalue weighted by molar-refractivity contribution is 7.12. The molecule has 0 N–H and O–H groups in total. The second-order valence-electron chi connectivity index (χ2n) is 7.72. The van der Waals surface area contributed by atoms with Crippen LogP contribution in [0.3, 0.4) is 0 Å². The topological polar surface area (TPSA) is 71.8 Å². The molecule has 0 saturated carbocycles. The van der Waals surface area contributed by atoms with Crippen molar-refractivity contribution in [2.75, 3.05) is 37.7 Å². The van der Waals surface area contributed by atoms with E-state index < -0.39 is 29.8 Å². The van der Waals surface area contributed by atoms with E-state index in [-0.39, 0.29) is 23.7 Å². The van der Waals surface area contributed by atoms with Crippen LogP contribution in [-0.4, -0.2) is 60.3 Å². The number of amides is 1. The predicted molar refractivity (Wildman–Crippen MR) is 123 cm³/mol. The third-order valence-corrected chi connectivity index (χ3v) is 6.44. The van der Waals surface area contributed by atoms with Crippen LogP contribution in [0.2, 0.25) is 0 Å². The van der Waals surface area contributed by atoms with Gasteiger partial charge in [0, 0.05) is 31.6 Å². The zero-order valence-electron chi connectivity index (χ0n) is 18.3. The van der Waals surface area contributed by atoms with Gasteiger partial charge in [0.2, 0.25) is 0 Å². The minimum absolute atomic E-state index is 0.0348. The Hall–Kier alpha value is -3.34. The summed E-state index contributed by atoms with van der Waals surface area (Å²) in [5.41, 5.74) is -1.17. The fourth-order valence-corrected chi connectivity index (χ4v) is 4.82. The smallest absolute Gasteiger partial charge is 0.406 e. The van der Waals surface area contributed by atoms with E-state index in [2.05, 4.69) is 0 Å². The number of ether oxygens (including phenoxy) is 1. The third kappa shape index (κ3) is 4.65. The first-order chi connectivity index (χ1) is 16.2. The van der Waals surface area contributed by atoms with Gasteiger partial charge in [-0.25, -0.2) is 4.79 Å². The van der Waals surface area contributed by atoms with Crippen molar-refractivity contribution in [2.45, 2.75) is 19.6 Å². The molecule has 11 heteroatoms. The Balaban J connectivity index is 1.78. The van der Waals surface area contributed by atoms with Crippen molar-refractivity contribution in [1.29, 1.82) is 0 Å². The summed E-state index contributed by atoms with van der Waals surface area (Å²) in [6.45, 7) is 1.27. The Kier molecular flexibility index (Phi) is 6.65. The quantitative estimate of drug-likeness (QED) is 0.506. The normalized spacial score (nSPS) is 14.5. The molecule has 3 heterocycles. The van der Waals surface area contributed by atoms with Crippen molar-refractivity contribution in [3.63, 3.8) is 0 Å². The number of carbonyl (C=O) groups excluding carboxylic acids is 2. The molecule has 0 unspecified atom stereocenters. The summed E-state index contributed by atoms with van der Waals surface area (Å²) in [5, 5.41) is 2.16. The van der Waals surface area contributed by atoms with Crippen LogP contribution in [0.15, 0.2) is 46.6 Å². The van der Waals surface area contributed by atoms with E-state index in [4.69, 9.17) is 4.74 Å². The molecule has 0 atom stereocenters. The molecular weight excluding hydrogens is 471 g/mol. The summed E-state index contributed by atoms with van der Waals surface area (Å²) in [6, 6.07) is 9.73. The number of hydrogen-bond donors (Lipinski definition) is 0. The molecule has 0 aliphatic carbocycles. The van der Waals surface area contributed by atoms with Gasteiger partial charge in [0.1, 0.15) is 12.1 Å². The van der Waals surface area contributed by atoms with Crippen molar-refractivity contribution in [2.24, 2.45) is 0 Å². The maximum atomic E-state index is 13.3. The molecule has 1 fully saturated rings. The molecule has 1 aromatic carbocycles. The number of fused-ring (bicyclic) bond motifs is 1.